The minimum atomic E-state index is -0.311. The van der Waals surface area contributed by atoms with Crippen LogP contribution in [0.3, 0.4) is 0 Å². The molecule has 0 bridgehead atoms. The fourth-order valence-corrected chi connectivity index (χ4v) is 4.20. The number of nitrogens with zero attached hydrogens (tertiary/aromatic N) is 2. The lowest BCUT2D eigenvalue weighted by atomic mass is 9.85. The summed E-state index contributed by atoms with van der Waals surface area (Å²) in [4.78, 5) is 29.7. The third-order valence-electron chi connectivity index (χ3n) is 5.68. The van der Waals surface area contributed by atoms with Gasteiger partial charge in [-0.15, -0.1) is 0 Å². The molecule has 0 radical (unpaired) electrons. The van der Waals surface area contributed by atoms with Crippen molar-refractivity contribution in [1.82, 2.24) is 9.80 Å². The van der Waals surface area contributed by atoms with Crippen molar-refractivity contribution in [3.63, 3.8) is 0 Å². The first-order valence-corrected chi connectivity index (χ1v) is 10.3. The number of rotatable bonds is 5. The summed E-state index contributed by atoms with van der Waals surface area (Å²) in [5.41, 5.74) is 1.12. The Kier molecular flexibility index (Phi) is 6.77. The van der Waals surface area contributed by atoms with E-state index in [1.165, 1.54) is 0 Å². The zero-order valence-corrected chi connectivity index (χ0v) is 17.0. The second-order valence-corrected chi connectivity index (χ2v) is 8.23. The van der Waals surface area contributed by atoms with Crippen LogP contribution in [0.5, 0.6) is 0 Å². The standard InChI is InChI=1S/C21H29ClN2O3/c1-15(2)18(16-5-7-17(22)8-6-16)14-20(25)24-9-3-4-19(24)21(26)23-10-12-27-13-11-23/h5-8,15,18-19H,3-4,9-14H2,1-2H3/t18?,19-/m1/s1. The third kappa shape index (κ3) is 4.82. The molecule has 2 amide bonds. The van der Waals surface area contributed by atoms with E-state index in [0.29, 0.717) is 50.2 Å². The third-order valence-corrected chi connectivity index (χ3v) is 5.93. The number of likely N-dealkylation sites (tertiary alicyclic amines) is 1. The van der Waals surface area contributed by atoms with Crippen LogP contribution in [0.4, 0.5) is 0 Å². The van der Waals surface area contributed by atoms with Crippen molar-refractivity contribution in [2.45, 2.75) is 45.1 Å². The molecule has 2 fully saturated rings. The first-order valence-electron chi connectivity index (χ1n) is 9.89. The Hall–Kier alpha value is -1.59. The van der Waals surface area contributed by atoms with Crippen molar-refractivity contribution >= 4 is 23.4 Å². The van der Waals surface area contributed by atoms with Crippen LogP contribution in [0, 0.1) is 5.92 Å². The van der Waals surface area contributed by atoms with Gasteiger partial charge in [-0.1, -0.05) is 37.6 Å². The minimum absolute atomic E-state index is 0.0766. The first kappa shape index (κ1) is 20.2. The van der Waals surface area contributed by atoms with Gasteiger partial charge in [0.1, 0.15) is 6.04 Å². The Morgan fingerprint density at radius 2 is 1.81 bits per heavy atom. The maximum atomic E-state index is 13.1. The number of carbonyl (C=O) groups excluding carboxylic acids is 2. The van der Waals surface area contributed by atoms with Gasteiger partial charge >= 0.3 is 0 Å². The van der Waals surface area contributed by atoms with E-state index in [2.05, 4.69) is 13.8 Å². The van der Waals surface area contributed by atoms with E-state index in [9.17, 15) is 9.59 Å². The number of carbonyl (C=O) groups is 2. The second-order valence-electron chi connectivity index (χ2n) is 7.79. The van der Waals surface area contributed by atoms with Crippen LogP contribution in [0.25, 0.3) is 0 Å². The highest BCUT2D eigenvalue weighted by atomic mass is 35.5. The highest BCUT2D eigenvalue weighted by molar-refractivity contribution is 6.30. The Morgan fingerprint density at radius 1 is 1.15 bits per heavy atom. The average Bonchev–Trinajstić information content (AvgIpc) is 3.16. The summed E-state index contributed by atoms with van der Waals surface area (Å²) in [6.07, 6.45) is 2.07. The number of benzene rings is 1. The van der Waals surface area contributed by atoms with Crippen LogP contribution in [-0.2, 0) is 14.3 Å². The number of halogens is 1. The summed E-state index contributed by atoms with van der Waals surface area (Å²) in [5.74, 6) is 0.602. The predicted molar refractivity (Wildman–Crippen MR) is 106 cm³/mol. The fourth-order valence-electron chi connectivity index (χ4n) is 4.07. The monoisotopic (exact) mass is 392 g/mol. The van der Waals surface area contributed by atoms with E-state index in [-0.39, 0.29) is 23.8 Å². The molecule has 2 heterocycles. The molecule has 0 N–H and O–H groups in total. The Labute approximate surface area is 166 Å². The van der Waals surface area contributed by atoms with E-state index >= 15 is 0 Å². The summed E-state index contributed by atoms with van der Waals surface area (Å²) in [7, 11) is 0. The number of hydrogen-bond acceptors (Lipinski definition) is 3. The highest BCUT2D eigenvalue weighted by Crippen LogP contribution is 2.31. The van der Waals surface area contributed by atoms with Crippen molar-refractivity contribution < 1.29 is 14.3 Å². The smallest absolute Gasteiger partial charge is 0.245 e. The molecular weight excluding hydrogens is 364 g/mol. The van der Waals surface area contributed by atoms with Crippen LogP contribution >= 0.6 is 11.6 Å². The van der Waals surface area contributed by atoms with E-state index in [4.69, 9.17) is 16.3 Å². The summed E-state index contributed by atoms with van der Waals surface area (Å²) < 4.78 is 5.34. The number of morpholine rings is 1. The normalized spacial score (nSPS) is 21.6. The van der Waals surface area contributed by atoms with Gasteiger partial charge in [-0.05, 0) is 42.4 Å². The van der Waals surface area contributed by atoms with Gasteiger partial charge in [0, 0.05) is 31.1 Å². The lowest BCUT2D eigenvalue weighted by Gasteiger charge is -2.33. The first-order chi connectivity index (χ1) is 13.0. The SMILES string of the molecule is CC(C)C(CC(=O)N1CCC[C@@H]1C(=O)N1CCOCC1)c1ccc(Cl)cc1. The van der Waals surface area contributed by atoms with Crippen molar-refractivity contribution in [1.29, 1.82) is 0 Å². The number of amides is 2. The molecule has 1 aromatic carbocycles. The quantitative estimate of drug-likeness (QED) is 0.772. The molecule has 1 unspecified atom stereocenters. The second kappa shape index (κ2) is 9.07. The number of ether oxygens (including phenoxy) is 1. The molecule has 2 atom stereocenters. The minimum Gasteiger partial charge on any atom is -0.378 e. The van der Waals surface area contributed by atoms with E-state index < -0.39 is 0 Å². The van der Waals surface area contributed by atoms with Gasteiger partial charge in [0.15, 0.2) is 0 Å². The molecule has 0 spiro atoms. The summed E-state index contributed by atoms with van der Waals surface area (Å²) in [6.45, 7) is 7.34. The molecule has 0 aliphatic carbocycles. The van der Waals surface area contributed by atoms with E-state index in [0.717, 1.165) is 18.4 Å². The largest absolute Gasteiger partial charge is 0.378 e. The van der Waals surface area contributed by atoms with Gasteiger partial charge in [-0.3, -0.25) is 9.59 Å². The molecule has 27 heavy (non-hydrogen) atoms. The van der Waals surface area contributed by atoms with Crippen molar-refractivity contribution in [3.8, 4) is 0 Å². The van der Waals surface area contributed by atoms with Crippen molar-refractivity contribution in [2.75, 3.05) is 32.8 Å². The van der Waals surface area contributed by atoms with Crippen LogP contribution in [0.15, 0.2) is 24.3 Å². The van der Waals surface area contributed by atoms with Crippen LogP contribution in [0.1, 0.15) is 44.6 Å². The number of hydrogen-bond donors (Lipinski definition) is 0. The Morgan fingerprint density at radius 3 is 2.44 bits per heavy atom. The molecule has 1 aromatic rings. The van der Waals surface area contributed by atoms with Gasteiger partial charge in [0.05, 0.1) is 13.2 Å². The Bertz CT molecular complexity index is 656. The molecule has 2 aliphatic heterocycles. The summed E-state index contributed by atoms with van der Waals surface area (Å²) in [6, 6.07) is 7.43. The molecule has 2 saturated heterocycles. The van der Waals surface area contributed by atoms with E-state index in [1.54, 1.807) is 0 Å². The van der Waals surface area contributed by atoms with Gasteiger partial charge in [-0.2, -0.15) is 0 Å². The molecule has 5 nitrogen and oxygen atoms in total. The molecular formula is C21H29ClN2O3. The van der Waals surface area contributed by atoms with Crippen LogP contribution in [-0.4, -0.2) is 60.5 Å². The lowest BCUT2D eigenvalue weighted by Crippen LogP contribution is -2.51. The molecule has 0 aromatic heterocycles. The van der Waals surface area contributed by atoms with Gasteiger partial charge in [-0.25, -0.2) is 0 Å². The summed E-state index contributed by atoms with van der Waals surface area (Å²) >= 11 is 6.01. The maximum Gasteiger partial charge on any atom is 0.245 e. The fraction of sp³-hybridized carbons (Fsp3) is 0.619. The molecule has 2 aliphatic rings. The highest BCUT2D eigenvalue weighted by Gasteiger charge is 2.37. The predicted octanol–water partition coefficient (Wildman–Crippen LogP) is 3.32. The van der Waals surface area contributed by atoms with Gasteiger partial charge in [0.2, 0.25) is 11.8 Å². The Balaban J connectivity index is 1.69. The van der Waals surface area contributed by atoms with Crippen LogP contribution in [0.2, 0.25) is 5.02 Å². The van der Waals surface area contributed by atoms with Crippen molar-refractivity contribution in [3.05, 3.63) is 34.9 Å². The van der Waals surface area contributed by atoms with E-state index in [1.807, 2.05) is 34.1 Å². The molecule has 148 valence electrons. The summed E-state index contributed by atoms with van der Waals surface area (Å²) in [5, 5.41) is 0.697. The lowest BCUT2D eigenvalue weighted by molar-refractivity contribution is -0.146. The molecule has 0 saturated carbocycles. The molecule has 6 heteroatoms. The van der Waals surface area contributed by atoms with Crippen molar-refractivity contribution in [2.24, 2.45) is 5.92 Å². The zero-order chi connectivity index (χ0) is 19.4. The topological polar surface area (TPSA) is 49.9 Å². The maximum absolute atomic E-state index is 13.1. The zero-order valence-electron chi connectivity index (χ0n) is 16.2. The van der Waals surface area contributed by atoms with Gasteiger partial charge in [0.25, 0.3) is 0 Å². The van der Waals surface area contributed by atoms with Crippen LogP contribution < -0.4 is 0 Å². The van der Waals surface area contributed by atoms with Gasteiger partial charge < -0.3 is 14.5 Å². The average molecular weight is 393 g/mol. The molecule has 3 rings (SSSR count).